The van der Waals surface area contributed by atoms with Gasteiger partial charge in [0, 0.05) is 39.9 Å². The Morgan fingerprint density at radius 1 is 1.09 bits per heavy atom. The van der Waals surface area contributed by atoms with E-state index in [1.165, 1.54) is 22.5 Å². The number of carbonyl (C=O) groups is 1. The van der Waals surface area contributed by atoms with Crippen LogP contribution in [0.5, 0.6) is 0 Å². The van der Waals surface area contributed by atoms with Crippen molar-refractivity contribution in [1.29, 1.82) is 0 Å². The fourth-order valence-electron chi connectivity index (χ4n) is 3.50. The molecule has 1 N–H and O–H groups in total. The summed E-state index contributed by atoms with van der Waals surface area (Å²) in [6, 6.07) is 9.67. The zero-order valence-corrected chi connectivity index (χ0v) is 18.3. The third-order valence-electron chi connectivity index (χ3n) is 5.27. The molecule has 3 heterocycles. The molecule has 4 aromatic rings. The summed E-state index contributed by atoms with van der Waals surface area (Å²) in [6.07, 6.45) is 3.04. The fraction of sp³-hybridized carbons (Fsp3) is 0.286. The largest absolute Gasteiger partial charge is 0.378 e. The van der Waals surface area contributed by atoms with Gasteiger partial charge >= 0.3 is 5.69 Å². The topological polar surface area (TPSA) is 112 Å². The van der Waals surface area contributed by atoms with Crippen molar-refractivity contribution in [1.82, 2.24) is 28.5 Å². The van der Waals surface area contributed by atoms with Crippen LogP contribution in [0.4, 0.5) is 11.5 Å². The van der Waals surface area contributed by atoms with Crippen molar-refractivity contribution < 1.29 is 4.79 Å². The summed E-state index contributed by atoms with van der Waals surface area (Å²) >= 11 is 0. The van der Waals surface area contributed by atoms with Crippen molar-refractivity contribution in [2.45, 2.75) is 13.1 Å². The van der Waals surface area contributed by atoms with Gasteiger partial charge < -0.3 is 14.8 Å². The fourth-order valence-corrected chi connectivity index (χ4v) is 3.50. The second-order valence-electron chi connectivity index (χ2n) is 7.74. The number of rotatable bonds is 6. The lowest BCUT2D eigenvalue weighted by Gasteiger charge is -2.14. The highest BCUT2D eigenvalue weighted by Crippen LogP contribution is 2.15. The highest BCUT2D eigenvalue weighted by atomic mass is 16.2. The number of nitrogens with one attached hydrogen (secondary N) is 1. The van der Waals surface area contributed by atoms with Crippen molar-refractivity contribution in [3.63, 3.8) is 0 Å². The van der Waals surface area contributed by atoms with Crippen LogP contribution >= 0.6 is 0 Å². The quantitative estimate of drug-likeness (QED) is 0.468. The van der Waals surface area contributed by atoms with Gasteiger partial charge in [0.1, 0.15) is 12.4 Å². The van der Waals surface area contributed by atoms with Crippen LogP contribution in [-0.2, 0) is 32.0 Å². The summed E-state index contributed by atoms with van der Waals surface area (Å²) in [4.78, 5) is 44.2. The van der Waals surface area contributed by atoms with Gasteiger partial charge in [0.2, 0.25) is 5.91 Å². The van der Waals surface area contributed by atoms with E-state index in [0.717, 1.165) is 15.8 Å². The van der Waals surface area contributed by atoms with Crippen LogP contribution in [0, 0.1) is 0 Å². The number of benzene rings is 1. The molecule has 1 aromatic carbocycles. The molecule has 1 amide bonds. The Kier molecular flexibility index (Phi) is 5.39. The Hall–Kier alpha value is -4.15. The smallest absolute Gasteiger partial charge is 0.332 e. The van der Waals surface area contributed by atoms with E-state index in [4.69, 9.17) is 0 Å². The van der Waals surface area contributed by atoms with Gasteiger partial charge in [-0.15, -0.1) is 0 Å². The normalized spacial score (nSPS) is 11.1. The first-order chi connectivity index (χ1) is 15.3. The number of fused-ring (bicyclic) bond motifs is 1. The predicted octanol–water partition coefficient (Wildman–Crippen LogP) is 0.383. The monoisotopic (exact) mass is 436 g/mol. The molecule has 0 fully saturated rings. The molecular weight excluding hydrogens is 412 g/mol. The third-order valence-corrected chi connectivity index (χ3v) is 5.27. The molecule has 11 heteroatoms. The molecule has 4 rings (SSSR count). The first-order valence-electron chi connectivity index (χ1n) is 9.95. The standard InChI is InChI=1S/C21H24N8O3/c1-25(2)15-7-5-14(6-8-15)11-29-16(9-10-23-29)24-17(30)12-28-20(31)18-19(22-13-26(18)3)27(4)21(28)32/h5-10,13H,11-12H2,1-4H3,(H,24,30). The van der Waals surface area contributed by atoms with Gasteiger partial charge in [0.05, 0.1) is 19.1 Å². The Bertz CT molecular complexity index is 1410. The lowest BCUT2D eigenvalue weighted by atomic mass is 10.2. The van der Waals surface area contributed by atoms with Crippen LogP contribution < -0.4 is 21.5 Å². The number of aromatic nitrogens is 6. The summed E-state index contributed by atoms with van der Waals surface area (Å²) in [5.74, 6) is -0.0337. The molecule has 0 saturated carbocycles. The van der Waals surface area contributed by atoms with Crippen molar-refractivity contribution in [2.24, 2.45) is 14.1 Å². The van der Waals surface area contributed by atoms with Gasteiger partial charge in [0.25, 0.3) is 5.56 Å². The first-order valence-corrected chi connectivity index (χ1v) is 9.95. The number of anilines is 2. The van der Waals surface area contributed by atoms with Crippen molar-refractivity contribution >= 4 is 28.6 Å². The average molecular weight is 436 g/mol. The van der Waals surface area contributed by atoms with E-state index >= 15 is 0 Å². The minimum absolute atomic E-state index is 0.256. The summed E-state index contributed by atoms with van der Waals surface area (Å²) < 4.78 is 5.33. The number of hydrogen-bond acceptors (Lipinski definition) is 6. The Morgan fingerprint density at radius 2 is 1.81 bits per heavy atom. The zero-order chi connectivity index (χ0) is 23.0. The van der Waals surface area contributed by atoms with Gasteiger partial charge in [-0.25, -0.2) is 19.0 Å². The van der Waals surface area contributed by atoms with Crippen LogP contribution in [0.25, 0.3) is 11.2 Å². The van der Waals surface area contributed by atoms with E-state index in [0.29, 0.717) is 12.4 Å². The maximum Gasteiger partial charge on any atom is 0.332 e. The van der Waals surface area contributed by atoms with Crippen LogP contribution in [0.1, 0.15) is 5.56 Å². The number of nitrogens with zero attached hydrogens (tertiary/aromatic N) is 7. The summed E-state index contributed by atoms with van der Waals surface area (Å²) in [5, 5.41) is 7.01. The molecule has 0 saturated heterocycles. The second-order valence-corrected chi connectivity index (χ2v) is 7.74. The number of amides is 1. The molecule has 0 radical (unpaired) electrons. The van der Waals surface area contributed by atoms with E-state index in [1.807, 2.05) is 43.3 Å². The Labute approximate surface area is 183 Å². The maximum atomic E-state index is 12.8. The average Bonchev–Trinajstić information content (AvgIpc) is 3.36. The van der Waals surface area contributed by atoms with Gasteiger partial charge in [-0.05, 0) is 17.7 Å². The van der Waals surface area contributed by atoms with Crippen LogP contribution in [0.15, 0.2) is 52.4 Å². The Balaban J connectivity index is 1.54. The number of hydrogen-bond donors (Lipinski definition) is 1. The second kappa shape index (κ2) is 8.17. The molecule has 0 aliphatic carbocycles. The number of carbonyl (C=O) groups excluding carboxylic acids is 1. The lowest BCUT2D eigenvalue weighted by molar-refractivity contribution is -0.116. The molecule has 11 nitrogen and oxygen atoms in total. The van der Waals surface area contributed by atoms with Crippen LogP contribution in [0.3, 0.4) is 0 Å². The molecule has 3 aromatic heterocycles. The van der Waals surface area contributed by atoms with E-state index in [2.05, 4.69) is 15.4 Å². The SMILES string of the molecule is CN(C)c1ccc(Cn2nccc2NC(=O)Cn2c(=O)c3c(ncn3C)n(C)c2=O)cc1. The zero-order valence-electron chi connectivity index (χ0n) is 18.3. The van der Waals surface area contributed by atoms with Crippen LogP contribution in [0.2, 0.25) is 0 Å². The highest BCUT2D eigenvalue weighted by molar-refractivity contribution is 5.89. The molecule has 0 bridgehead atoms. The molecule has 0 aliphatic heterocycles. The van der Waals surface area contributed by atoms with E-state index < -0.39 is 23.7 Å². The highest BCUT2D eigenvalue weighted by Gasteiger charge is 2.17. The summed E-state index contributed by atoms with van der Waals surface area (Å²) in [6.45, 7) is 0.0361. The van der Waals surface area contributed by atoms with Crippen molar-refractivity contribution in [2.75, 3.05) is 24.3 Å². The molecule has 0 aliphatic rings. The van der Waals surface area contributed by atoms with Gasteiger partial charge in [0.15, 0.2) is 11.2 Å². The summed E-state index contributed by atoms with van der Waals surface area (Å²) in [5.41, 5.74) is 1.46. The minimum Gasteiger partial charge on any atom is -0.378 e. The van der Waals surface area contributed by atoms with Gasteiger partial charge in [-0.3, -0.25) is 14.2 Å². The predicted molar refractivity (Wildman–Crippen MR) is 121 cm³/mol. The molecule has 0 spiro atoms. The third kappa shape index (κ3) is 3.80. The first kappa shape index (κ1) is 21.1. The van der Waals surface area contributed by atoms with E-state index in [1.54, 1.807) is 24.0 Å². The molecule has 0 atom stereocenters. The van der Waals surface area contributed by atoms with Crippen molar-refractivity contribution in [3.05, 3.63) is 69.3 Å². The van der Waals surface area contributed by atoms with Crippen LogP contribution in [-0.4, -0.2) is 48.5 Å². The van der Waals surface area contributed by atoms with E-state index in [-0.39, 0.29) is 11.2 Å². The molecular formula is C21H24N8O3. The Morgan fingerprint density at radius 3 is 2.50 bits per heavy atom. The van der Waals surface area contributed by atoms with E-state index in [9.17, 15) is 14.4 Å². The van der Waals surface area contributed by atoms with Crippen molar-refractivity contribution in [3.8, 4) is 0 Å². The van der Waals surface area contributed by atoms with Gasteiger partial charge in [-0.1, -0.05) is 12.1 Å². The number of imidazole rings is 1. The van der Waals surface area contributed by atoms with Gasteiger partial charge in [-0.2, -0.15) is 5.10 Å². The molecule has 32 heavy (non-hydrogen) atoms. The molecule has 0 unspecified atom stereocenters. The minimum atomic E-state index is -0.606. The maximum absolute atomic E-state index is 12.8. The molecule has 166 valence electrons. The lowest BCUT2D eigenvalue weighted by Crippen LogP contribution is -2.42. The summed E-state index contributed by atoms with van der Waals surface area (Å²) in [7, 11) is 7.12. The number of aryl methyl sites for hydroxylation is 2.